The number of carbonyl (C=O) groups is 3. The number of nitrogens with one attached hydrogen (secondary N) is 2. The molecule has 0 bridgehead atoms. The molecule has 5 rings (SSSR count). The fourth-order valence-corrected chi connectivity index (χ4v) is 6.31. The molecule has 1 aliphatic rings. The summed E-state index contributed by atoms with van der Waals surface area (Å²) in [6.45, 7) is -0.0697. The largest absolute Gasteiger partial charge is 0.478 e. The van der Waals surface area contributed by atoms with E-state index in [-0.39, 0.29) is 30.8 Å². The Bertz CT molecular complexity index is 1670. The zero-order chi connectivity index (χ0) is 33.2. The second kappa shape index (κ2) is 16.2. The summed E-state index contributed by atoms with van der Waals surface area (Å²) in [6, 6.07) is 29.3. The Morgan fingerprint density at radius 2 is 1.64 bits per heavy atom. The van der Waals surface area contributed by atoms with Gasteiger partial charge in [-0.3, -0.25) is 0 Å². The average Bonchev–Trinajstić information content (AvgIpc) is 3.10. The van der Waals surface area contributed by atoms with Crippen LogP contribution in [0.3, 0.4) is 0 Å². The van der Waals surface area contributed by atoms with Crippen LogP contribution in [-0.2, 0) is 32.0 Å². The number of ether oxygens (including phenoxy) is 3. The van der Waals surface area contributed by atoms with Crippen LogP contribution in [0.5, 0.6) is 0 Å². The molecule has 0 aromatic heterocycles. The van der Waals surface area contributed by atoms with Crippen LogP contribution in [0.1, 0.15) is 51.4 Å². The lowest BCUT2D eigenvalue weighted by Crippen LogP contribution is -2.45. The number of aliphatic hydroxyl groups is 1. The van der Waals surface area contributed by atoms with Gasteiger partial charge in [0, 0.05) is 34.7 Å². The first-order valence-electron chi connectivity index (χ1n) is 15.1. The summed E-state index contributed by atoms with van der Waals surface area (Å²) in [5, 5.41) is 24.6. The summed E-state index contributed by atoms with van der Waals surface area (Å²) >= 11 is 1.41. The van der Waals surface area contributed by atoms with Gasteiger partial charge in [-0.25, -0.2) is 14.4 Å². The highest BCUT2D eigenvalue weighted by Gasteiger charge is 2.33. The molecule has 4 atom stereocenters. The predicted molar refractivity (Wildman–Crippen MR) is 177 cm³/mol. The van der Waals surface area contributed by atoms with Gasteiger partial charge >= 0.3 is 18.0 Å². The number of aromatic carboxylic acids is 1. The molecule has 0 aliphatic carbocycles. The van der Waals surface area contributed by atoms with E-state index in [4.69, 9.17) is 14.2 Å². The number of carbonyl (C=O) groups excluding carboxylic acids is 2. The highest BCUT2D eigenvalue weighted by Crippen LogP contribution is 2.40. The van der Waals surface area contributed by atoms with Gasteiger partial charge in [-0.1, -0.05) is 78.9 Å². The van der Waals surface area contributed by atoms with Crippen molar-refractivity contribution in [3.63, 3.8) is 0 Å². The maximum Gasteiger partial charge on any atom is 0.336 e. The van der Waals surface area contributed by atoms with Crippen molar-refractivity contribution in [3.05, 3.63) is 131 Å². The first kappa shape index (κ1) is 33.7. The standard InChI is InChI=1S/C36H36N2O8S/c1-44-34(42)30(18-23-8-3-2-4-9-23)38-36(43)37-27-11-7-10-26(19-27)35-45-28(22-47-32-13-6-5-12-29(32)33(40)41)20-31(46-35)25-16-14-24(21-39)15-17-25/h2-17,19,28,30-31,35,39H,18,20-22H2,1H3,(H,40,41)(H2,37,38,43). The van der Waals surface area contributed by atoms with Gasteiger partial charge in [0.1, 0.15) is 6.04 Å². The molecule has 4 aromatic rings. The maximum atomic E-state index is 13.0. The number of thioether (sulfide) groups is 1. The minimum absolute atomic E-state index is 0.0697. The van der Waals surface area contributed by atoms with Gasteiger partial charge in [-0.05, 0) is 41.0 Å². The molecule has 1 heterocycles. The molecule has 0 spiro atoms. The number of carboxylic acids is 1. The summed E-state index contributed by atoms with van der Waals surface area (Å²) < 4.78 is 17.8. The van der Waals surface area contributed by atoms with Crippen molar-refractivity contribution in [2.75, 3.05) is 18.2 Å². The molecule has 0 saturated carbocycles. The lowest BCUT2D eigenvalue weighted by Gasteiger charge is -2.36. The minimum atomic E-state index is -0.993. The molecule has 4 N–H and O–H groups in total. The third-order valence-corrected chi connectivity index (χ3v) is 8.85. The van der Waals surface area contributed by atoms with Gasteiger partial charge in [0.05, 0.1) is 31.5 Å². The van der Waals surface area contributed by atoms with Gasteiger partial charge in [-0.15, -0.1) is 11.8 Å². The Labute approximate surface area is 277 Å². The van der Waals surface area contributed by atoms with Crippen LogP contribution < -0.4 is 10.6 Å². The number of carboxylic acid groups (broad SMARTS) is 1. The van der Waals surface area contributed by atoms with E-state index in [0.717, 1.165) is 16.7 Å². The number of aliphatic hydroxyl groups excluding tert-OH is 1. The van der Waals surface area contributed by atoms with Crippen LogP contribution in [0, 0.1) is 0 Å². The number of amides is 2. The number of urea groups is 1. The van der Waals surface area contributed by atoms with Crippen LogP contribution in [0.2, 0.25) is 0 Å². The van der Waals surface area contributed by atoms with Crippen molar-refractivity contribution >= 4 is 35.4 Å². The van der Waals surface area contributed by atoms with Gasteiger partial charge in [0.15, 0.2) is 6.29 Å². The molecule has 1 saturated heterocycles. The SMILES string of the molecule is COC(=O)C(Cc1ccccc1)NC(=O)Nc1cccc(C2OC(CSc3ccccc3C(=O)O)CC(c3ccc(CO)cc3)O2)c1. The zero-order valence-electron chi connectivity index (χ0n) is 25.7. The number of hydrogen-bond acceptors (Lipinski definition) is 8. The number of methoxy groups -OCH3 is 1. The summed E-state index contributed by atoms with van der Waals surface area (Å²) in [5.74, 6) is -1.08. The molecule has 11 heteroatoms. The lowest BCUT2D eigenvalue weighted by molar-refractivity contribution is -0.245. The third-order valence-electron chi connectivity index (χ3n) is 7.65. The molecule has 0 radical (unpaired) electrons. The third kappa shape index (κ3) is 9.20. The van der Waals surface area contributed by atoms with E-state index in [1.54, 1.807) is 42.5 Å². The predicted octanol–water partition coefficient (Wildman–Crippen LogP) is 6.12. The molecule has 1 fully saturated rings. The Morgan fingerprint density at radius 3 is 2.36 bits per heavy atom. The topological polar surface area (TPSA) is 143 Å². The van der Waals surface area contributed by atoms with E-state index < -0.39 is 30.3 Å². The monoisotopic (exact) mass is 656 g/mol. The van der Waals surface area contributed by atoms with Crippen molar-refractivity contribution in [2.24, 2.45) is 0 Å². The summed E-state index contributed by atoms with van der Waals surface area (Å²) in [5.41, 5.74) is 3.92. The number of rotatable bonds is 12. The summed E-state index contributed by atoms with van der Waals surface area (Å²) in [6.07, 6.45) is -0.657. The second-order valence-electron chi connectivity index (χ2n) is 11.0. The quantitative estimate of drug-likeness (QED) is 0.105. The van der Waals surface area contributed by atoms with E-state index in [1.807, 2.05) is 60.7 Å². The van der Waals surface area contributed by atoms with Gasteiger partial charge in [0.25, 0.3) is 0 Å². The molecule has 244 valence electrons. The van der Waals surface area contributed by atoms with Crippen LogP contribution in [0.15, 0.2) is 108 Å². The second-order valence-corrected chi connectivity index (χ2v) is 12.0. The molecule has 10 nitrogen and oxygen atoms in total. The normalized spacial score (nSPS) is 18.1. The van der Waals surface area contributed by atoms with Gasteiger partial charge in [-0.2, -0.15) is 0 Å². The highest BCUT2D eigenvalue weighted by atomic mass is 32.2. The van der Waals surface area contributed by atoms with Crippen molar-refractivity contribution < 1.29 is 38.8 Å². The first-order valence-corrected chi connectivity index (χ1v) is 16.1. The van der Waals surface area contributed by atoms with Gasteiger partial charge < -0.3 is 35.1 Å². The maximum absolute atomic E-state index is 13.0. The van der Waals surface area contributed by atoms with Crippen LogP contribution in [-0.4, -0.2) is 53.2 Å². The number of hydrogen-bond donors (Lipinski definition) is 4. The van der Waals surface area contributed by atoms with E-state index in [2.05, 4.69) is 10.6 Å². The smallest absolute Gasteiger partial charge is 0.336 e. The number of esters is 1. The van der Waals surface area contributed by atoms with E-state index in [9.17, 15) is 24.6 Å². The molecular formula is C36H36N2O8S. The molecule has 2 amide bonds. The molecular weight excluding hydrogens is 620 g/mol. The number of anilines is 1. The van der Waals surface area contributed by atoms with E-state index >= 15 is 0 Å². The van der Waals surface area contributed by atoms with Crippen LogP contribution >= 0.6 is 11.8 Å². The average molecular weight is 657 g/mol. The van der Waals surface area contributed by atoms with Crippen molar-refractivity contribution in [2.45, 2.75) is 48.9 Å². The van der Waals surface area contributed by atoms with Crippen molar-refractivity contribution in [1.82, 2.24) is 5.32 Å². The Morgan fingerprint density at radius 1 is 0.894 bits per heavy atom. The number of benzene rings is 4. The molecule has 4 aromatic carbocycles. The van der Waals surface area contributed by atoms with Crippen molar-refractivity contribution in [1.29, 1.82) is 0 Å². The van der Waals surface area contributed by atoms with Crippen LogP contribution in [0.4, 0.5) is 10.5 Å². The van der Waals surface area contributed by atoms with Gasteiger partial charge in [0.2, 0.25) is 0 Å². The zero-order valence-corrected chi connectivity index (χ0v) is 26.5. The Balaban J connectivity index is 1.31. The molecule has 4 unspecified atom stereocenters. The van der Waals surface area contributed by atoms with E-state index in [1.165, 1.54) is 18.9 Å². The first-order chi connectivity index (χ1) is 22.8. The summed E-state index contributed by atoms with van der Waals surface area (Å²) in [7, 11) is 1.28. The fraction of sp³-hybridized carbons (Fsp3) is 0.250. The van der Waals surface area contributed by atoms with Crippen LogP contribution in [0.25, 0.3) is 0 Å². The van der Waals surface area contributed by atoms with Crippen molar-refractivity contribution in [3.8, 4) is 0 Å². The molecule has 47 heavy (non-hydrogen) atoms. The highest BCUT2D eigenvalue weighted by molar-refractivity contribution is 7.99. The summed E-state index contributed by atoms with van der Waals surface area (Å²) in [4.78, 5) is 37.8. The fourth-order valence-electron chi connectivity index (χ4n) is 5.25. The lowest BCUT2D eigenvalue weighted by atomic mass is 10.0. The Kier molecular flexibility index (Phi) is 11.6. The molecule has 1 aliphatic heterocycles. The Hall–Kier alpha value is -4.68. The van der Waals surface area contributed by atoms with E-state index in [0.29, 0.717) is 28.3 Å². The minimum Gasteiger partial charge on any atom is -0.478 e.